The van der Waals surface area contributed by atoms with Crippen molar-refractivity contribution < 1.29 is 4.79 Å². The third-order valence-electron chi connectivity index (χ3n) is 5.92. The van der Waals surface area contributed by atoms with Crippen molar-refractivity contribution in [2.75, 3.05) is 17.7 Å². The molecule has 0 radical (unpaired) electrons. The number of fused-ring (bicyclic) bond motifs is 2. The van der Waals surface area contributed by atoms with Gasteiger partial charge < -0.3 is 4.90 Å². The molecule has 6 nitrogen and oxygen atoms in total. The first-order valence-corrected chi connectivity index (χ1v) is 11.4. The maximum Gasteiger partial charge on any atom is 0.167 e. The van der Waals surface area contributed by atoms with E-state index in [-0.39, 0.29) is 11.2 Å². The SMILES string of the molecule is CN1/C(=C\C(=O)CSc2ncnc3c2cnn3-c2ccccc2)C(C)(C)c2ccccc21. The number of hydrogen-bond donors (Lipinski definition) is 0. The molecule has 0 amide bonds. The van der Waals surface area contributed by atoms with Crippen LogP contribution in [0, 0.1) is 0 Å². The first-order valence-electron chi connectivity index (χ1n) is 10.4. The zero-order valence-corrected chi connectivity index (χ0v) is 19.0. The summed E-state index contributed by atoms with van der Waals surface area (Å²) in [6.45, 7) is 4.32. The molecule has 1 aliphatic heterocycles. The molecule has 7 heteroatoms. The minimum absolute atomic E-state index is 0.0555. The van der Waals surface area contributed by atoms with Crippen LogP contribution in [-0.4, -0.2) is 38.3 Å². The van der Waals surface area contributed by atoms with Gasteiger partial charge in [-0.05, 0) is 23.8 Å². The van der Waals surface area contributed by atoms with Gasteiger partial charge in [0.25, 0.3) is 0 Å². The van der Waals surface area contributed by atoms with Gasteiger partial charge in [-0.15, -0.1) is 0 Å². The second-order valence-corrected chi connectivity index (χ2v) is 9.26. The third-order valence-corrected chi connectivity index (χ3v) is 6.95. The van der Waals surface area contributed by atoms with Crippen molar-refractivity contribution >= 4 is 34.3 Å². The molecule has 0 saturated carbocycles. The van der Waals surface area contributed by atoms with E-state index in [1.54, 1.807) is 17.0 Å². The molecule has 0 atom stereocenters. The van der Waals surface area contributed by atoms with Crippen molar-refractivity contribution in [2.45, 2.75) is 24.3 Å². The molecular weight excluding hydrogens is 418 g/mol. The topological polar surface area (TPSA) is 63.9 Å². The lowest BCUT2D eigenvalue weighted by molar-refractivity contribution is -0.112. The molecule has 0 N–H and O–H groups in total. The van der Waals surface area contributed by atoms with E-state index in [0.29, 0.717) is 5.75 Å². The Labute approximate surface area is 191 Å². The van der Waals surface area contributed by atoms with Gasteiger partial charge in [0.1, 0.15) is 11.4 Å². The molecule has 0 bridgehead atoms. The van der Waals surface area contributed by atoms with Crippen LogP contribution < -0.4 is 4.90 Å². The molecule has 160 valence electrons. The maximum atomic E-state index is 12.9. The Morgan fingerprint density at radius 1 is 1.06 bits per heavy atom. The maximum absolute atomic E-state index is 12.9. The molecule has 32 heavy (non-hydrogen) atoms. The highest BCUT2D eigenvalue weighted by Gasteiger charge is 2.38. The van der Waals surface area contributed by atoms with Gasteiger partial charge >= 0.3 is 0 Å². The Balaban J connectivity index is 1.38. The zero-order chi connectivity index (χ0) is 22.3. The number of nitrogens with zero attached hydrogens (tertiary/aromatic N) is 5. The summed E-state index contributed by atoms with van der Waals surface area (Å²) in [6.07, 6.45) is 5.07. The molecule has 1 aliphatic rings. The Bertz CT molecular complexity index is 1340. The summed E-state index contributed by atoms with van der Waals surface area (Å²) in [5.74, 6) is 0.354. The standard InChI is InChI=1S/C25H23N5OS/c1-25(2)20-11-7-8-12-21(20)29(3)22(25)13-18(31)15-32-24-19-14-28-30(23(19)26-16-27-24)17-9-5-4-6-10-17/h4-14,16H,15H2,1-3H3/b22-13-. The van der Waals surface area contributed by atoms with Crippen molar-refractivity contribution in [2.24, 2.45) is 0 Å². The highest BCUT2D eigenvalue weighted by atomic mass is 32.2. The minimum Gasteiger partial charge on any atom is -0.347 e. The lowest BCUT2D eigenvalue weighted by Crippen LogP contribution is -2.24. The Hall–Kier alpha value is -3.45. The number of carbonyl (C=O) groups excluding carboxylic acids is 1. The molecule has 2 aromatic heterocycles. The fraction of sp³-hybridized carbons (Fsp3) is 0.200. The number of thioether (sulfide) groups is 1. The Morgan fingerprint density at radius 3 is 2.59 bits per heavy atom. The van der Waals surface area contributed by atoms with Crippen molar-refractivity contribution in [1.29, 1.82) is 0 Å². The lowest BCUT2D eigenvalue weighted by Gasteiger charge is -2.23. The van der Waals surface area contributed by atoms with E-state index in [0.717, 1.165) is 33.1 Å². The predicted octanol–water partition coefficient (Wildman–Crippen LogP) is 4.79. The second kappa shape index (κ2) is 7.91. The average molecular weight is 442 g/mol. The van der Waals surface area contributed by atoms with Gasteiger partial charge in [0, 0.05) is 29.9 Å². The first kappa shape index (κ1) is 20.5. The van der Waals surface area contributed by atoms with Gasteiger partial charge in [-0.1, -0.05) is 62.0 Å². The number of hydrogen-bond acceptors (Lipinski definition) is 6. The summed E-state index contributed by atoms with van der Waals surface area (Å²) in [4.78, 5) is 23.9. The monoisotopic (exact) mass is 441 g/mol. The first-order chi connectivity index (χ1) is 15.5. The van der Waals surface area contributed by atoms with Crippen molar-refractivity contribution in [3.8, 4) is 5.69 Å². The molecular formula is C25H23N5OS. The number of benzene rings is 2. The number of carbonyl (C=O) groups is 1. The quantitative estimate of drug-likeness (QED) is 0.252. The number of allylic oxidation sites excluding steroid dienone is 2. The van der Waals surface area contributed by atoms with Gasteiger partial charge in [0.05, 0.1) is 23.0 Å². The van der Waals surface area contributed by atoms with E-state index in [9.17, 15) is 4.79 Å². The van der Waals surface area contributed by atoms with Crippen molar-refractivity contribution in [3.05, 3.63) is 84.5 Å². The number of para-hydroxylation sites is 2. The lowest BCUT2D eigenvalue weighted by atomic mass is 9.83. The zero-order valence-electron chi connectivity index (χ0n) is 18.2. The summed E-state index contributed by atoms with van der Waals surface area (Å²) >= 11 is 1.42. The molecule has 3 heterocycles. The molecule has 0 unspecified atom stereocenters. The normalized spacial score (nSPS) is 16.0. The van der Waals surface area contributed by atoms with Crippen LogP contribution in [0.15, 0.2) is 83.9 Å². The van der Waals surface area contributed by atoms with Crippen LogP contribution in [0.5, 0.6) is 0 Å². The number of rotatable bonds is 5. The minimum atomic E-state index is -0.218. The van der Waals surface area contributed by atoms with Crippen LogP contribution >= 0.6 is 11.8 Å². The van der Waals surface area contributed by atoms with E-state index < -0.39 is 0 Å². The second-order valence-electron chi connectivity index (χ2n) is 8.29. The highest BCUT2D eigenvalue weighted by Crippen LogP contribution is 2.46. The summed E-state index contributed by atoms with van der Waals surface area (Å²) in [5, 5.41) is 6.08. The van der Waals surface area contributed by atoms with E-state index >= 15 is 0 Å². The van der Waals surface area contributed by atoms with Gasteiger partial charge in [0.15, 0.2) is 11.4 Å². The molecule has 5 rings (SSSR count). The predicted molar refractivity (Wildman–Crippen MR) is 128 cm³/mol. The van der Waals surface area contributed by atoms with Crippen LogP contribution in [0.2, 0.25) is 0 Å². The summed E-state index contributed by atoms with van der Waals surface area (Å²) in [5.41, 5.74) is 4.84. The average Bonchev–Trinajstić information content (AvgIpc) is 3.33. The number of likely N-dealkylation sites (N-methyl/N-ethyl adjacent to an activating group) is 1. The number of ketones is 1. The summed E-state index contributed by atoms with van der Waals surface area (Å²) in [7, 11) is 2.02. The van der Waals surface area contributed by atoms with Crippen LogP contribution in [0.4, 0.5) is 5.69 Å². The van der Waals surface area contributed by atoms with Crippen LogP contribution in [-0.2, 0) is 10.2 Å². The van der Waals surface area contributed by atoms with E-state index in [2.05, 4.69) is 45.9 Å². The largest absolute Gasteiger partial charge is 0.347 e. The van der Waals surface area contributed by atoms with Crippen molar-refractivity contribution in [1.82, 2.24) is 19.7 Å². The molecule has 4 aromatic rings. The molecule has 0 aliphatic carbocycles. The number of aromatic nitrogens is 4. The van der Waals surface area contributed by atoms with E-state index in [1.807, 2.05) is 49.5 Å². The van der Waals surface area contributed by atoms with Gasteiger partial charge in [-0.2, -0.15) is 5.10 Å². The van der Waals surface area contributed by atoms with Crippen molar-refractivity contribution in [3.63, 3.8) is 0 Å². The van der Waals surface area contributed by atoms with Crippen LogP contribution in [0.25, 0.3) is 16.7 Å². The smallest absolute Gasteiger partial charge is 0.167 e. The molecule has 0 spiro atoms. The molecule has 0 saturated heterocycles. The number of anilines is 1. The van der Waals surface area contributed by atoms with Gasteiger partial charge in [-0.3, -0.25) is 4.79 Å². The fourth-order valence-electron chi connectivity index (χ4n) is 4.29. The highest BCUT2D eigenvalue weighted by molar-refractivity contribution is 8.00. The Morgan fingerprint density at radius 2 is 1.81 bits per heavy atom. The van der Waals surface area contributed by atoms with Crippen LogP contribution in [0.1, 0.15) is 19.4 Å². The molecule has 0 fully saturated rings. The van der Waals surface area contributed by atoms with E-state index in [4.69, 9.17) is 0 Å². The summed E-state index contributed by atoms with van der Waals surface area (Å²) in [6, 6.07) is 18.2. The van der Waals surface area contributed by atoms with Gasteiger partial charge in [0.2, 0.25) is 0 Å². The third kappa shape index (κ3) is 3.39. The molecule has 2 aromatic carbocycles. The van der Waals surface area contributed by atoms with E-state index in [1.165, 1.54) is 23.7 Å². The summed E-state index contributed by atoms with van der Waals surface area (Å²) < 4.78 is 1.79. The fourth-order valence-corrected chi connectivity index (χ4v) is 5.07. The van der Waals surface area contributed by atoms with Crippen LogP contribution in [0.3, 0.4) is 0 Å². The Kier molecular flexibility index (Phi) is 5.06. The van der Waals surface area contributed by atoms with Gasteiger partial charge in [-0.25, -0.2) is 14.6 Å².